The van der Waals surface area contributed by atoms with Gasteiger partial charge in [-0.3, -0.25) is 4.79 Å². The molecule has 0 atom stereocenters. The highest BCUT2D eigenvalue weighted by molar-refractivity contribution is 7.13. The number of hydrogen-bond donors (Lipinski definition) is 3. The Morgan fingerprint density at radius 3 is 2.79 bits per heavy atom. The first-order valence-electron chi connectivity index (χ1n) is 7.47. The number of nitrogens with two attached hydrogens (primary N) is 1. The Kier molecular flexibility index (Phi) is 6.71. The minimum absolute atomic E-state index is 0.114. The predicted octanol–water partition coefficient (Wildman–Crippen LogP) is 2.73. The molecular formula is C15H20N4O3S2. The molecule has 2 amide bonds. The Hall–Kier alpha value is -1.97. The SMILES string of the molecule is CC(=O)Nc1nc(CCc2csc(CCCN(N)C(=O)O)c2)cs1. The second kappa shape index (κ2) is 8.76. The summed E-state index contributed by atoms with van der Waals surface area (Å²) in [6.07, 6.45) is 2.12. The van der Waals surface area contributed by atoms with Crippen LogP contribution in [0.3, 0.4) is 0 Å². The zero-order valence-corrected chi connectivity index (χ0v) is 15.0. The van der Waals surface area contributed by atoms with Crippen LogP contribution in [0.25, 0.3) is 0 Å². The summed E-state index contributed by atoms with van der Waals surface area (Å²) >= 11 is 3.11. The van der Waals surface area contributed by atoms with Gasteiger partial charge in [0.1, 0.15) is 0 Å². The number of thiophene rings is 1. The Bertz CT molecular complexity index is 698. The third kappa shape index (κ3) is 5.91. The van der Waals surface area contributed by atoms with Crippen LogP contribution in [0.4, 0.5) is 9.93 Å². The van der Waals surface area contributed by atoms with E-state index >= 15 is 0 Å². The van der Waals surface area contributed by atoms with Gasteiger partial charge < -0.3 is 10.4 Å². The zero-order chi connectivity index (χ0) is 17.5. The van der Waals surface area contributed by atoms with Crippen molar-refractivity contribution in [3.05, 3.63) is 33.0 Å². The standard InChI is InChI=1S/C15H20N4O3S2/c1-10(20)17-14-18-12(9-24-14)5-4-11-7-13(23-8-11)3-2-6-19(16)15(21)22/h7-9H,2-6,16H2,1H3,(H,21,22)(H,17,18,20). The maximum atomic E-state index is 11.0. The lowest BCUT2D eigenvalue weighted by molar-refractivity contribution is -0.114. The number of carboxylic acid groups (broad SMARTS) is 1. The summed E-state index contributed by atoms with van der Waals surface area (Å²) in [6.45, 7) is 1.79. The van der Waals surface area contributed by atoms with Crippen molar-refractivity contribution in [2.75, 3.05) is 11.9 Å². The molecule has 24 heavy (non-hydrogen) atoms. The average molecular weight is 368 g/mol. The van der Waals surface area contributed by atoms with Gasteiger partial charge in [-0.05, 0) is 42.7 Å². The molecule has 0 spiro atoms. The number of hydrazine groups is 1. The average Bonchev–Trinajstić information content (AvgIpc) is 3.13. The van der Waals surface area contributed by atoms with Crippen LogP contribution in [0.5, 0.6) is 0 Å². The molecule has 0 saturated carbocycles. The van der Waals surface area contributed by atoms with E-state index in [2.05, 4.69) is 21.7 Å². The molecule has 0 aliphatic heterocycles. The summed E-state index contributed by atoms with van der Waals surface area (Å²) in [6, 6.07) is 2.15. The molecule has 130 valence electrons. The molecule has 2 rings (SSSR count). The molecule has 4 N–H and O–H groups in total. The second-order valence-corrected chi connectivity index (χ2v) is 7.18. The highest BCUT2D eigenvalue weighted by Gasteiger charge is 2.08. The van der Waals surface area contributed by atoms with Crippen LogP contribution in [0.2, 0.25) is 0 Å². The number of thiazole rings is 1. The first kappa shape index (κ1) is 18.4. The Balaban J connectivity index is 1.76. The van der Waals surface area contributed by atoms with Crippen molar-refractivity contribution in [3.63, 3.8) is 0 Å². The molecule has 7 nitrogen and oxygen atoms in total. The third-order valence-electron chi connectivity index (χ3n) is 3.28. The van der Waals surface area contributed by atoms with E-state index in [0.29, 0.717) is 18.1 Å². The van der Waals surface area contributed by atoms with E-state index in [-0.39, 0.29) is 5.91 Å². The number of hydrogen-bond acceptors (Lipinski definition) is 6. The van der Waals surface area contributed by atoms with Crippen LogP contribution in [0.15, 0.2) is 16.8 Å². The Labute approximate surface area is 148 Å². The molecular weight excluding hydrogens is 348 g/mol. The minimum atomic E-state index is -1.11. The largest absolute Gasteiger partial charge is 0.464 e. The molecule has 2 aromatic rings. The van der Waals surface area contributed by atoms with Crippen LogP contribution in [-0.2, 0) is 24.1 Å². The number of aromatic nitrogens is 1. The fourth-order valence-corrected chi connectivity index (χ4v) is 3.87. The summed E-state index contributed by atoms with van der Waals surface area (Å²) < 4.78 is 0. The molecule has 0 aliphatic carbocycles. The summed E-state index contributed by atoms with van der Waals surface area (Å²) in [5.74, 6) is 5.22. The minimum Gasteiger partial charge on any atom is -0.464 e. The summed E-state index contributed by atoms with van der Waals surface area (Å²) in [5.41, 5.74) is 2.21. The molecule has 2 heterocycles. The molecule has 0 unspecified atom stereocenters. The molecule has 9 heteroatoms. The summed E-state index contributed by atoms with van der Waals surface area (Å²) in [4.78, 5) is 27.2. The van der Waals surface area contributed by atoms with Crippen molar-refractivity contribution in [1.82, 2.24) is 9.99 Å². The van der Waals surface area contributed by atoms with E-state index in [1.807, 2.05) is 5.38 Å². The van der Waals surface area contributed by atoms with Gasteiger partial charge in [0.05, 0.1) is 5.69 Å². The number of rotatable bonds is 8. The summed E-state index contributed by atoms with van der Waals surface area (Å²) in [5, 5.41) is 16.9. The maximum Gasteiger partial charge on any atom is 0.421 e. The topological polar surface area (TPSA) is 109 Å². The lowest BCUT2D eigenvalue weighted by atomic mass is 10.1. The number of amides is 2. The molecule has 0 radical (unpaired) electrons. The first-order chi connectivity index (χ1) is 11.4. The van der Waals surface area contributed by atoms with Gasteiger partial charge >= 0.3 is 6.09 Å². The molecule has 0 bridgehead atoms. The number of aryl methyl sites for hydroxylation is 3. The van der Waals surface area contributed by atoms with Crippen molar-refractivity contribution in [1.29, 1.82) is 0 Å². The smallest absolute Gasteiger partial charge is 0.421 e. The van der Waals surface area contributed by atoms with Crippen LogP contribution < -0.4 is 11.2 Å². The highest BCUT2D eigenvalue weighted by Crippen LogP contribution is 2.20. The van der Waals surface area contributed by atoms with E-state index in [1.54, 1.807) is 11.3 Å². The molecule has 2 aromatic heterocycles. The quantitative estimate of drug-likeness (QED) is 0.377. The van der Waals surface area contributed by atoms with Gasteiger partial charge in [0.15, 0.2) is 5.13 Å². The number of nitrogens with zero attached hydrogens (tertiary/aromatic N) is 2. The van der Waals surface area contributed by atoms with Crippen molar-refractivity contribution < 1.29 is 14.7 Å². The highest BCUT2D eigenvalue weighted by atomic mass is 32.1. The van der Waals surface area contributed by atoms with Crippen LogP contribution >= 0.6 is 22.7 Å². The van der Waals surface area contributed by atoms with Crippen LogP contribution in [0.1, 0.15) is 29.5 Å². The van der Waals surface area contributed by atoms with Crippen molar-refractivity contribution in [2.45, 2.75) is 32.6 Å². The Morgan fingerprint density at radius 1 is 1.29 bits per heavy atom. The van der Waals surface area contributed by atoms with Crippen molar-refractivity contribution in [2.24, 2.45) is 5.84 Å². The number of carbonyl (C=O) groups is 2. The summed E-state index contributed by atoms with van der Waals surface area (Å²) in [7, 11) is 0. The molecule has 0 saturated heterocycles. The fourth-order valence-electron chi connectivity index (χ4n) is 2.11. The van der Waals surface area contributed by atoms with Crippen molar-refractivity contribution >= 4 is 39.8 Å². The normalized spacial score (nSPS) is 10.6. The first-order valence-corrected chi connectivity index (χ1v) is 9.23. The van der Waals surface area contributed by atoms with Gasteiger partial charge in [-0.1, -0.05) is 0 Å². The van der Waals surface area contributed by atoms with E-state index < -0.39 is 6.09 Å². The molecule has 0 aliphatic rings. The molecule has 0 aromatic carbocycles. The van der Waals surface area contributed by atoms with E-state index in [4.69, 9.17) is 10.9 Å². The maximum absolute atomic E-state index is 11.0. The lowest BCUT2D eigenvalue weighted by Gasteiger charge is -2.10. The Morgan fingerprint density at radius 2 is 2.08 bits per heavy atom. The monoisotopic (exact) mass is 368 g/mol. The fraction of sp³-hybridized carbons (Fsp3) is 0.400. The second-order valence-electron chi connectivity index (χ2n) is 5.33. The predicted molar refractivity (Wildman–Crippen MR) is 95.4 cm³/mol. The van der Waals surface area contributed by atoms with E-state index in [1.165, 1.54) is 28.7 Å². The third-order valence-corrected chi connectivity index (χ3v) is 5.13. The number of carbonyl (C=O) groups excluding carboxylic acids is 1. The van der Waals surface area contributed by atoms with Crippen molar-refractivity contribution in [3.8, 4) is 0 Å². The number of nitrogens with one attached hydrogen (secondary N) is 1. The molecule has 0 fully saturated rings. The van der Waals surface area contributed by atoms with Gasteiger partial charge in [0, 0.05) is 23.7 Å². The van der Waals surface area contributed by atoms with E-state index in [0.717, 1.165) is 30.0 Å². The van der Waals surface area contributed by atoms with Gasteiger partial charge in [-0.15, -0.1) is 22.7 Å². The number of anilines is 1. The van der Waals surface area contributed by atoms with Crippen LogP contribution in [0, 0.1) is 0 Å². The van der Waals surface area contributed by atoms with Gasteiger partial charge in [-0.2, -0.15) is 0 Å². The van der Waals surface area contributed by atoms with Crippen LogP contribution in [-0.4, -0.2) is 33.6 Å². The van der Waals surface area contributed by atoms with E-state index in [9.17, 15) is 9.59 Å². The van der Waals surface area contributed by atoms with Gasteiger partial charge in [-0.25, -0.2) is 20.6 Å². The zero-order valence-electron chi connectivity index (χ0n) is 13.3. The lowest BCUT2D eigenvalue weighted by Crippen LogP contribution is -2.36. The van der Waals surface area contributed by atoms with Gasteiger partial charge in [0.25, 0.3) is 0 Å². The van der Waals surface area contributed by atoms with Gasteiger partial charge in [0.2, 0.25) is 5.91 Å².